The minimum atomic E-state index is 0.404. The van der Waals surface area contributed by atoms with Gasteiger partial charge in [0, 0.05) is 0 Å². The van der Waals surface area contributed by atoms with E-state index < -0.39 is 0 Å². The Labute approximate surface area is 114 Å². The van der Waals surface area contributed by atoms with Gasteiger partial charge in [-0.05, 0) is 56.7 Å². The highest BCUT2D eigenvalue weighted by molar-refractivity contribution is 5.90. The first-order valence-electron chi connectivity index (χ1n) is 7.38. The Hall–Kier alpha value is -1.35. The lowest BCUT2D eigenvalue weighted by Gasteiger charge is -2.36. The molecule has 102 valence electrons. The highest BCUT2D eigenvalue weighted by Crippen LogP contribution is 2.31. The molecule has 19 heavy (non-hydrogen) atoms. The smallest absolute Gasteiger partial charge is 0.0742 e. The summed E-state index contributed by atoms with van der Waals surface area (Å²) in [7, 11) is 0. The first-order valence-corrected chi connectivity index (χ1v) is 7.38. The van der Waals surface area contributed by atoms with Gasteiger partial charge in [-0.25, -0.2) is 0 Å². The number of hydrogen-bond donors (Lipinski definition) is 1. The lowest BCUT2D eigenvalue weighted by molar-refractivity contribution is 0.183. The summed E-state index contributed by atoms with van der Waals surface area (Å²) in [4.78, 5) is 2.52. The highest BCUT2D eigenvalue weighted by atomic mass is 16.4. The van der Waals surface area contributed by atoms with E-state index in [4.69, 9.17) is 5.21 Å². The van der Waals surface area contributed by atoms with E-state index in [1.54, 1.807) is 0 Å². The predicted octanol–water partition coefficient (Wildman–Crippen LogP) is 3.25. The van der Waals surface area contributed by atoms with E-state index in [1.807, 2.05) is 0 Å². The quantitative estimate of drug-likeness (QED) is 0.653. The lowest BCUT2D eigenvalue weighted by atomic mass is 9.89. The van der Waals surface area contributed by atoms with Gasteiger partial charge in [0.05, 0.1) is 11.8 Å². The van der Waals surface area contributed by atoms with Gasteiger partial charge < -0.3 is 5.21 Å². The van der Waals surface area contributed by atoms with Crippen molar-refractivity contribution in [3.8, 4) is 0 Å². The van der Waals surface area contributed by atoms with Gasteiger partial charge in [-0.1, -0.05) is 35.5 Å². The summed E-state index contributed by atoms with van der Waals surface area (Å²) >= 11 is 0. The summed E-state index contributed by atoms with van der Waals surface area (Å²) in [5.41, 5.74) is 2.47. The van der Waals surface area contributed by atoms with Crippen LogP contribution >= 0.6 is 0 Å². The molecule has 1 aromatic rings. The highest BCUT2D eigenvalue weighted by Gasteiger charge is 2.31. The number of likely N-dealkylation sites (tertiary alicyclic amines) is 1. The SMILES string of the molecule is O/N=C1\CCC[C@H]1N1CCC(c2ccccc2)CC1. The van der Waals surface area contributed by atoms with Crippen molar-refractivity contribution in [1.82, 2.24) is 4.90 Å². The molecule has 0 amide bonds. The van der Waals surface area contributed by atoms with Crippen LogP contribution in [0.15, 0.2) is 35.5 Å². The molecule has 2 fully saturated rings. The maximum absolute atomic E-state index is 9.06. The van der Waals surface area contributed by atoms with Crippen molar-refractivity contribution >= 4 is 5.71 Å². The molecule has 0 spiro atoms. The molecule has 3 nitrogen and oxygen atoms in total. The molecule has 1 N–H and O–H groups in total. The van der Waals surface area contributed by atoms with Crippen LogP contribution in [0.2, 0.25) is 0 Å². The van der Waals surface area contributed by atoms with E-state index in [9.17, 15) is 0 Å². The standard InChI is InChI=1S/C16H22N2O/c19-17-15-7-4-8-16(15)18-11-9-14(10-12-18)13-5-2-1-3-6-13/h1-3,5-6,14,16,19H,4,7-12H2/b17-15+/t16-/m1/s1. The van der Waals surface area contributed by atoms with Crippen LogP contribution in [0.1, 0.15) is 43.6 Å². The van der Waals surface area contributed by atoms with Gasteiger partial charge in [-0.15, -0.1) is 0 Å². The first kappa shape index (κ1) is 12.7. The molecule has 0 unspecified atom stereocenters. The summed E-state index contributed by atoms with van der Waals surface area (Å²) < 4.78 is 0. The third-order valence-corrected chi connectivity index (χ3v) is 4.66. The molecule has 1 aromatic carbocycles. The van der Waals surface area contributed by atoms with Crippen LogP contribution < -0.4 is 0 Å². The second-order valence-electron chi connectivity index (χ2n) is 5.72. The largest absolute Gasteiger partial charge is 0.411 e. The number of rotatable bonds is 2. The van der Waals surface area contributed by atoms with Crippen LogP contribution in [0.3, 0.4) is 0 Å². The second-order valence-corrected chi connectivity index (χ2v) is 5.72. The van der Waals surface area contributed by atoms with Crippen molar-refractivity contribution in [3.63, 3.8) is 0 Å². The molecule has 1 saturated heterocycles. The van der Waals surface area contributed by atoms with Gasteiger partial charge in [0.15, 0.2) is 0 Å². The Balaban J connectivity index is 1.61. The van der Waals surface area contributed by atoms with Crippen molar-refractivity contribution in [2.24, 2.45) is 5.16 Å². The Morgan fingerprint density at radius 1 is 1.05 bits per heavy atom. The van der Waals surface area contributed by atoms with E-state index in [2.05, 4.69) is 40.4 Å². The minimum Gasteiger partial charge on any atom is -0.411 e. The average Bonchev–Trinajstić information content (AvgIpc) is 2.97. The van der Waals surface area contributed by atoms with E-state index >= 15 is 0 Å². The van der Waals surface area contributed by atoms with Crippen molar-refractivity contribution < 1.29 is 5.21 Å². The summed E-state index contributed by atoms with van der Waals surface area (Å²) in [5.74, 6) is 0.702. The van der Waals surface area contributed by atoms with Gasteiger partial charge >= 0.3 is 0 Å². The van der Waals surface area contributed by atoms with Crippen LogP contribution in [-0.2, 0) is 0 Å². The molecule has 1 atom stereocenters. The summed E-state index contributed by atoms with van der Waals surface area (Å²) in [6, 6.07) is 11.3. The molecule has 0 bridgehead atoms. The molecule has 1 aliphatic heterocycles. The monoisotopic (exact) mass is 258 g/mol. The fraction of sp³-hybridized carbons (Fsp3) is 0.562. The van der Waals surface area contributed by atoms with Gasteiger partial charge in [-0.3, -0.25) is 4.90 Å². The average molecular weight is 258 g/mol. The van der Waals surface area contributed by atoms with Crippen molar-refractivity contribution in [3.05, 3.63) is 35.9 Å². The molecule has 1 aliphatic carbocycles. The van der Waals surface area contributed by atoms with Crippen LogP contribution in [0.4, 0.5) is 0 Å². The molecule has 1 saturated carbocycles. The Morgan fingerprint density at radius 2 is 1.79 bits per heavy atom. The van der Waals surface area contributed by atoms with Crippen molar-refractivity contribution in [1.29, 1.82) is 0 Å². The number of nitrogens with zero attached hydrogens (tertiary/aromatic N) is 2. The lowest BCUT2D eigenvalue weighted by Crippen LogP contribution is -2.43. The van der Waals surface area contributed by atoms with Gasteiger partial charge in [0.1, 0.15) is 0 Å². The Morgan fingerprint density at radius 3 is 2.47 bits per heavy atom. The third kappa shape index (κ3) is 2.66. The van der Waals surface area contributed by atoms with E-state index in [0.717, 1.165) is 31.6 Å². The molecule has 3 heteroatoms. The first-order chi connectivity index (χ1) is 9.38. The molecule has 0 aromatic heterocycles. The Bertz CT molecular complexity index is 435. The number of benzene rings is 1. The molecule has 1 heterocycles. The van der Waals surface area contributed by atoms with E-state index in [-0.39, 0.29) is 0 Å². The normalized spacial score (nSPS) is 28.0. The predicted molar refractivity (Wildman–Crippen MR) is 76.9 cm³/mol. The fourth-order valence-corrected chi connectivity index (χ4v) is 3.59. The maximum Gasteiger partial charge on any atom is 0.0742 e. The molecular formula is C16H22N2O. The van der Waals surface area contributed by atoms with E-state index in [0.29, 0.717) is 12.0 Å². The summed E-state index contributed by atoms with van der Waals surface area (Å²) in [6.45, 7) is 2.26. The molecule has 0 radical (unpaired) electrons. The summed E-state index contributed by atoms with van der Waals surface area (Å²) in [6.07, 6.45) is 5.75. The van der Waals surface area contributed by atoms with Crippen molar-refractivity contribution in [2.45, 2.75) is 44.1 Å². The van der Waals surface area contributed by atoms with Gasteiger partial charge in [0.2, 0.25) is 0 Å². The summed E-state index contributed by atoms with van der Waals surface area (Å²) in [5, 5.41) is 12.6. The van der Waals surface area contributed by atoms with Gasteiger partial charge in [-0.2, -0.15) is 0 Å². The fourth-order valence-electron chi connectivity index (χ4n) is 3.59. The molecular weight excluding hydrogens is 236 g/mol. The second kappa shape index (κ2) is 5.74. The van der Waals surface area contributed by atoms with Gasteiger partial charge in [0.25, 0.3) is 0 Å². The number of piperidine rings is 1. The van der Waals surface area contributed by atoms with Crippen molar-refractivity contribution in [2.75, 3.05) is 13.1 Å². The topological polar surface area (TPSA) is 35.8 Å². The zero-order valence-corrected chi connectivity index (χ0v) is 11.3. The number of hydrogen-bond acceptors (Lipinski definition) is 3. The minimum absolute atomic E-state index is 0.404. The Kier molecular flexibility index (Phi) is 3.83. The van der Waals surface area contributed by atoms with Crippen LogP contribution in [-0.4, -0.2) is 35.0 Å². The van der Waals surface area contributed by atoms with Crippen LogP contribution in [0.5, 0.6) is 0 Å². The third-order valence-electron chi connectivity index (χ3n) is 4.66. The molecule has 2 aliphatic rings. The van der Waals surface area contributed by atoms with E-state index in [1.165, 1.54) is 24.8 Å². The van der Waals surface area contributed by atoms with Crippen LogP contribution in [0, 0.1) is 0 Å². The molecule has 3 rings (SSSR count). The van der Waals surface area contributed by atoms with Crippen LogP contribution in [0.25, 0.3) is 0 Å². The maximum atomic E-state index is 9.06. The number of oxime groups is 1. The zero-order chi connectivity index (χ0) is 13.1. The zero-order valence-electron chi connectivity index (χ0n) is 11.3.